The van der Waals surface area contributed by atoms with E-state index in [0.717, 1.165) is 19.3 Å². The van der Waals surface area contributed by atoms with Crippen molar-refractivity contribution in [2.75, 3.05) is 5.75 Å². The van der Waals surface area contributed by atoms with Crippen molar-refractivity contribution in [3.05, 3.63) is 0 Å². The number of nitrogens with one attached hydrogen (secondary N) is 1. The van der Waals surface area contributed by atoms with Crippen molar-refractivity contribution in [2.24, 2.45) is 5.92 Å². The maximum atomic E-state index is 12.1. The Morgan fingerprint density at radius 3 is 2.36 bits per heavy atom. The van der Waals surface area contributed by atoms with Gasteiger partial charge < -0.3 is 0 Å². The minimum Gasteiger partial charge on any atom is -0.253 e. The molecular weight excluding hydrogens is 194 g/mol. The van der Waals surface area contributed by atoms with Gasteiger partial charge in [-0.25, -0.2) is 4.21 Å². The number of hydrogen-bond donors (Lipinski definition) is 1. The van der Waals surface area contributed by atoms with E-state index in [2.05, 4.69) is 13.8 Å². The first-order chi connectivity index (χ1) is 6.52. The van der Waals surface area contributed by atoms with Crippen LogP contribution in [0.15, 0.2) is 0 Å². The summed E-state index contributed by atoms with van der Waals surface area (Å²) >= 11 is 0. The Hall–Kier alpha value is -0.0500. The summed E-state index contributed by atoms with van der Waals surface area (Å²) in [4.78, 5) is 0. The first-order valence-electron chi connectivity index (χ1n) is 5.77. The molecule has 0 unspecified atom stereocenters. The monoisotopic (exact) mass is 217 g/mol. The van der Waals surface area contributed by atoms with Crippen molar-refractivity contribution in [3.63, 3.8) is 0 Å². The highest BCUT2D eigenvalue weighted by Gasteiger charge is 2.23. The molecule has 0 radical (unpaired) electrons. The summed E-state index contributed by atoms with van der Waals surface area (Å²) in [6.07, 6.45) is 6.64. The summed E-state index contributed by atoms with van der Waals surface area (Å²) in [5.41, 5.74) is 0. The van der Waals surface area contributed by atoms with Gasteiger partial charge in [-0.1, -0.05) is 33.1 Å². The minimum absolute atomic E-state index is 0.204. The van der Waals surface area contributed by atoms with E-state index < -0.39 is 9.73 Å². The lowest BCUT2D eigenvalue weighted by molar-refractivity contribution is 0.499. The van der Waals surface area contributed by atoms with E-state index in [-0.39, 0.29) is 5.25 Å². The smallest absolute Gasteiger partial charge is 0.0470 e. The summed E-state index contributed by atoms with van der Waals surface area (Å²) in [5, 5.41) is 0.204. The fraction of sp³-hybridized carbons (Fsp3) is 1.00. The molecule has 0 aliphatic heterocycles. The number of hydrogen-bond acceptors (Lipinski definition) is 2. The van der Waals surface area contributed by atoms with Gasteiger partial charge in [-0.2, -0.15) is 0 Å². The molecule has 1 aliphatic rings. The van der Waals surface area contributed by atoms with Gasteiger partial charge in [0.2, 0.25) is 0 Å². The SMILES string of the molecule is CC(C)CC[S@](=N)(=O)C1CCCCC1. The lowest BCUT2D eigenvalue weighted by Gasteiger charge is -2.24. The molecule has 1 atom stereocenters. The highest BCUT2D eigenvalue weighted by Crippen LogP contribution is 2.25. The Morgan fingerprint density at radius 2 is 1.86 bits per heavy atom. The van der Waals surface area contributed by atoms with Crippen LogP contribution in [0, 0.1) is 10.7 Å². The van der Waals surface area contributed by atoms with Crippen molar-refractivity contribution in [1.82, 2.24) is 0 Å². The van der Waals surface area contributed by atoms with Crippen LogP contribution in [0.1, 0.15) is 52.4 Å². The lowest BCUT2D eigenvalue weighted by Crippen LogP contribution is -2.25. The molecule has 0 amide bonds. The van der Waals surface area contributed by atoms with Crippen molar-refractivity contribution >= 4 is 9.73 Å². The van der Waals surface area contributed by atoms with Crippen LogP contribution >= 0.6 is 0 Å². The maximum absolute atomic E-state index is 12.1. The van der Waals surface area contributed by atoms with E-state index in [1.54, 1.807) is 0 Å². The van der Waals surface area contributed by atoms with Crippen LogP contribution in [0.25, 0.3) is 0 Å². The second kappa shape index (κ2) is 5.15. The minimum atomic E-state index is -2.28. The van der Waals surface area contributed by atoms with Crippen molar-refractivity contribution in [2.45, 2.75) is 57.6 Å². The second-order valence-corrected chi connectivity index (χ2v) is 7.40. The summed E-state index contributed by atoms with van der Waals surface area (Å²) in [5.74, 6) is 1.19. The van der Waals surface area contributed by atoms with Crippen molar-refractivity contribution < 1.29 is 4.21 Å². The van der Waals surface area contributed by atoms with E-state index in [1.807, 2.05) is 0 Å². The molecule has 0 spiro atoms. The third-order valence-electron chi connectivity index (χ3n) is 3.09. The van der Waals surface area contributed by atoms with Crippen LogP contribution in [-0.4, -0.2) is 15.2 Å². The first kappa shape index (κ1) is 12.0. The molecule has 0 heterocycles. The molecular formula is C11H23NOS. The van der Waals surface area contributed by atoms with E-state index in [9.17, 15) is 4.21 Å². The van der Waals surface area contributed by atoms with Crippen molar-refractivity contribution in [1.29, 1.82) is 4.78 Å². The molecule has 3 heteroatoms. The third kappa shape index (κ3) is 3.60. The molecule has 1 rings (SSSR count). The molecule has 2 nitrogen and oxygen atoms in total. The Kier molecular flexibility index (Phi) is 4.42. The fourth-order valence-corrected chi connectivity index (χ4v) is 4.27. The molecule has 14 heavy (non-hydrogen) atoms. The zero-order chi connectivity index (χ0) is 10.6. The highest BCUT2D eigenvalue weighted by atomic mass is 32.2. The summed E-state index contributed by atoms with van der Waals surface area (Å²) in [7, 11) is -2.28. The van der Waals surface area contributed by atoms with Crippen LogP contribution in [0.3, 0.4) is 0 Å². The maximum Gasteiger partial charge on any atom is 0.0470 e. The van der Waals surface area contributed by atoms with Crippen molar-refractivity contribution in [3.8, 4) is 0 Å². The molecule has 1 aliphatic carbocycles. The van der Waals surface area contributed by atoms with Crippen LogP contribution < -0.4 is 0 Å². The molecule has 1 N–H and O–H groups in total. The molecule has 0 saturated heterocycles. The standard InChI is InChI=1S/C11H23NOS/c1-10(2)8-9-14(12,13)11-6-4-3-5-7-11/h10-12H,3-9H2,1-2H3/t14-/m0/s1. The van der Waals surface area contributed by atoms with Gasteiger partial charge in [-0.3, -0.25) is 4.78 Å². The van der Waals surface area contributed by atoms with Gasteiger partial charge in [-0.05, 0) is 25.2 Å². The van der Waals surface area contributed by atoms with E-state index in [1.165, 1.54) is 19.3 Å². The predicted molar refractivity (Wildman–Crippen MR) is 62.1 cm³/mol. The molecule has 84 valence electrons. The average molecular weight is 217 g/mol. The Labute approximate surface area is 88.5 Å². The normalized spacial score (nSPS) is 23.6. The first-order valence-corrected chi connectivity index (χ1v) is 7.56. The fourth-order valence-electron chi connectivity index (χ4n) is 2.02. The summed E-state index contributed by atoms with van der Waals surface area (Å²) in [6, 6.07) is 0. The van der Waals surface area contributed by atoms with Gasteiger partial charge in [0.25, 0.3) is 0 Å². The van der Waals surface area contributed by atoms with Gasteiger partial charge in [0.15, 0.2) is 0 Å². The lowest BCUT2D eigenvalue weighted by atomic mass is 10.0. The molecule has 0 bridgehead atoms. The van der Waals surface area contributed by atoms with Gasteiger partial charge in [0.1, 0.15) is 0 Å². The van der Waals surface area contributed by atoms with E-state index >= 15 is 0 Å². The third-order valence-corrected chi connectivity index (χ3v) is 5.48. The van der Waals surface area contributed by atoms with Gasteiger partial charge in [-0.15, -0.1) is 0 Å². The molecule has 0 aromatic rings. The van der Waals surface area contributed by atoms with Crippen LogP contribution in [0.4, 0.5) is 0 Å². The Bertz CT molecular complexity index is 250. The Balaban J connectivity index is 2.46. The van der Waals surface area contributed by atoms with Gasteiger partial charge in [0.05, 0.1) is 0 Å². The van der Waals surface area contributed by atoms with E-state index in [4.69, 9.17) is 4.78 Å². The zero-order valence-electron chi connectivity index (χ0n) is 9.42. The van der Waals surface area contributed by atoms with Crippen LogP contribution in [0.5, 0.6) is 0 Å². The quantitative estimate of drug-likeness (QED) is 0.770. The van der Waals surface area contributed by atoms with Crippen LogP contribution in [0.2, 0.25) is 0 Å². The Morgan fingerprint density at radius 1 is 1.29 bits per heavy atom. The topological polar surface area (TPSA) is 40.9 Å². The largest absolute Gasteiger partial charge is 0.253 e. The second-order valence-electron chi connectivity index (χ2n) is 4.87. The molecule has 1 fully saturated rings. The highest BCUT2D eigenvalue weighted by molar-refractivity contribution is 7.93. The molecule has 0 aromatic heterocycles. The summed E-state index contributed by atoms with van der Waals surface area (Å²) < 4.78 is 20.1. The van der Waals surface area contributed by atoms with Gasteiger partial charge >= 0.3 is 0 Å². The average Bonchev–Trinajstić information content (AvgIpc) is 2.16. The number of rotatable bonds is 4. The summed E-state index contributed by atoms with van der Waals surface area (Å²) in [6.45, 7) is 4.27. The molecule has 1 saturated carbocycles. The predicted octanol–water partition coefficient (Wildman–Crippen LogP) is 3.41. The van der Waals surface area contributed by atoms with Gasteiger partial charge in [0, 0.05) is 20.7 Å². The van der Waals surface area contributed by atoms with E-state index in [0.29, 0.717) is 11.7 Å². The zero-order valence-corrected chi connectivity index (χ0v) is 10.2. The van der Waals surface area contributed by atoms with Crippen LogP contribution in [-0.2, 0) is 9.73 Å². The molecule has 0 aromatic carbocycles.